The predicted octanol–water partition coefficient (Wildman–Crippen LogP) is 2.59. The highest BCUT2D eigenvalue weighted by Crippen LogP contribution is 2.17. The standard InChI is InChI=1S/C13H16BrFN2O3/c1-2-17(13(20)16-6-5-12(18)19)8-9-7-10(14)3-4-11(9)15/h3-4,7H,2,5-6,8H2,1H3,(H,16,20)(H,18,19). The topological polar surface area (TPSA) is 69.6 Å². The van der Waals surface area contributed by atoms with Crippen molar-refractivity contribution >= 4 is 27.9 Å². The molecule has 20 heavy (non-hydrogen) atoms. The van der Waals surface area contributed by atoms with Crippen LogP contribution in [0.25, 0.3) is 0 Å². The first-order valence-electron chi connectivity index (χ1n) is 6.12. The maximum Gasteiger partial charge on any atom is 0.317 e. The Morgan fingerprint density at radius 2 is 2.15 bits per heavy atom. The van der Waals surface area contributed by atoms with Gasteiger partial charge in [0.05, 0.1) is 13.0 Å². The average Bonchev–Trinajstić information content (AvgIpc) is 2.39. The quantitative estimate of drug-likeness (QED) is 0.831. The first kappa shape index (κ1) is 16.4. The molecule has 0 fully saturated rings. The molecule has 0 aliphatic carbocycles. The molecule has 2 amide bonds. The van der Waals surface area contributed by atoms with Gasteiger partial charge in [-0.15, -0.1) is 0 Å². The van der Waals surface area contributed by atoms with Gasteiger partial charge in [0.25, 0.3) is 0 Å². The molecule has 0 saturated heterocycles. The minimum absolute atomic E-state index is 0.0473. The van der Waals surface area contributed by atoms with Crippen molar-refractivity contribution in [2.45, 2.75) is 19.9 Å². The number of benzene rings is 1. The van der Waals surface area contributed by atoms with Gasteiger partial charge >= 0.3 is 12.0 Å². The van der Waals surface area contributed by atoms with E-state index in [1.807, 2.05) is 0 Å². The SMILES string of the molecule is CCN(Cc1cc(Br)ccc1F)C(=O)NCCC(=O)O. The van der Waals surface area contributed by atoms with Gasteiger partial charge in [-0.05, 0) is 25.1 Å². The van der Waals surface area contributed by atoms with Crippen LogP contribution in [0, 0.1) is 5.82 Å². The van der Waals surface area contributed by atoms with Crippen molar-refractivity contribution < 1.29 is 19.1 Å². The normalized spacial score (nSPS) is 10.2. The third-order valence-corrected chi connectivity index (χ3v) is 3.15. The Bertz CT molecular complexity index is 497. The minimum Gasteiger partial charge on any atom is -0.481 e. The summed E-state index contributed by atoms with van der Waals surface area (Å²) in [6, 6.07) is 4.12. The number of amides is 2. The lowest BCUT2D eigenvalue weighted by molar-refractivity contribution is -0.136. The average molecular weight is 347 g/mol. The molecule has 0 aliphatic heterocycles. The summed E-state index contributed by atoms with van der Waals surface area (Å²) in [7, 11) is 0. The molecule has 0 spiro atoms. The van der Waals surface area contributed by atoms with Crippen molar-refractivity contribution in [3.8, 4) is 0 Å². The summed E-state index contributed by atoms with van der Waals surface area (Å²) in [4.78, 5) is 23.6. The summed E-state index contributed by atoms with van der Waals surface area (Å²) in [5.74, 6) is -1.36. The zero-order chi connectivity index (χ0) is 15.1. The van der Waals surface area contributed by atoms with E-state index in [2.05, 4.69) is 21.2 Å². The van der Waals surface area contributed by atoms with Gasteiger partial charge in [0.15, 0.2) is 0 Å². The van der Waals surface area contributed by atoms with E-state index >= 15 is 0 Å². The molecule has 1 rings (SSSR count). The number of halogens is 2. The van der Waals surface area contributed by atoms with Crippen molar-refractivity contribution in [3.05, 3.63) is 34.1 Å². The first-order valence-corrected chi connectivity index (χ1v) is 6.91. The number of carboxylic acid groups (broad SMARTS) is 1. The molecular formula is C13H16BrFN2O3. The zero-order valence-electron chi connectivity index (χ0n) is 11.0. The van der Waals surface area contributed by atoms with Crippen LogP contribution in [0.1, 0.15) is 18.9 Å². The fraction of sp³-hybridized carbons (Fsp3) is 0.385. The molecule has 0 unspecified atom stereocenters. The first-order chi connectivity index (χ1) is 9.43. The molecule has 110 valence electrons. The van der Waals surface area contributed by atoms with Crippen LogP contribution in [-0.2, 0) is 11.3 Å². The number of urea groups is 1. The van der Waals surface area contributed by atoms with Gasteiger partial charge in [-0.1, -0.05) is 15.9 Å². The Hall–Kier alpha value is -1.63. The Morgan fingerprint density at radius 1 is 1.45 bits per heavy atom. The van der Waals surface area contributed by atoms with Gasteiger partial charge in [0.2, 0.25) is 0 Å². The number of nitrogens with one attached hydrogen (secondary N) is 1. The predicted molar refractivity (Wildman–Crippen MR) is 75.8 cm³/mol. The lowest BCUT2D eigenvalue weighted by Crippen LogP contribution is -2.40. The largest absolute Gasteiger partial charge is 0.481 e. The monoisotopic (exact) mass is 346 g/mol. The van der Waals surface area contributed by atoms with E-state index < -0.39 is 12.0 Å². The van der Waals surface area contributed by atoms with Crippen molar-refractivity contribution in [1.82, 2.24) is 10.2 Å². The van der Waals surface area contributed by atoms with Crippen LogP contribution in [0.4, 0.5) is 9.18 Å². The number of carboxylic acids is 1. The number of hydrogen-bond donors (Lipinski definition) is 2. The molecule has 0 aliphatic rings. The summed E-state index contributed by atoms with van der Waals surface area (Å²) in [6.07, 6.45) is -0.144. The third kappa shape index (κ3) is 5.16. The van der Waals surface area contributed by atoms with Crippen molar-refractivity contribution in [2.75, 3.05) is 13.1 Å². The molecule has 5 nitrogen and oxygen atoms in total. The Balaban J connectivity index is 2.64. The van der Waals surface area contributed by atoms with Gasteiger partial charge in [-0.25, -0.2) is 9.18 Å². The van der Waals surface area contributed by atoms with E-state index in [-0.39, 0.29) is 25.3 Å². The van der Waals surface area contributed by atoms with Crippen LogP contribution in [-0.4, -0.2) is 35.1 Å². The lowest BCUT2D eigenvalue weighted by Gasteiger charge is -2.21. The molecule has 0 radical (unpaired) electrons. The summed E-state index contributed by atoms with van der Waals surface area (Å²) in [5.41, 5.74) is 0.398. The molecular weight excluding hydrogens is 331 g/mol. The van der Waals surface area contributed by atoms with Gasteiger partial charge in [0, 0.05) is 23.1 Å². The molecule has 2 N–H and O–H groups in total. The number of carbonyl (C=O) groups is 2. The highest BCUT2D eigenvalue weighted by atomic mass is 79.9. The molecule has 0 bridgehead atoms. The van der Waals surface area contributed by atoms with E-state index in [1.54, 1.807) is 19.1 Å². The van der Waals surface area contributed by atoms with Crippen LogP contribution >= 0.6 is 15.9 Å². The molecule has 0 saturated carbocycles. The molecule has 0 aromatic heterocycles. The second kappa shape index (κ2) is 7.84. The van der Waals surface area contributed by atoms with E-state index in [0.717, 1.165) is 4.47 Å². The fourth-order valence-corrected chi connectivity index (χ4v) is 1.99. The van der Waals surface area contributed by atoms with Crippen molar-refractivity contribution in [1.29, 1.82) is 0 Å². The van der Waals surface area contributed by atoms with Crippen molar-refractivity contribution in [3.63, 3.8) is 0 Å². The number of hydrogen-bond acceptors (Lipinski definition) is 2. The Labute approximate surface area is 124 Å². The van der Waals surface area contributed by atoms with E-state index in [4.69, 9.17) is 5.11 Å². The van der Waals surface area contributed by atoms with Crippen molar-refractivity contribution in [2.24, 2.45) is 0 Å². The Kier molecular flexibility index (Phi) is 6.44. The van der Waals surface area contributed by atoms with Gasteiger partial charge in [0.1, 0.15) is 5.82 Å². The van der Waals surface area contributed by atoms with Crippen LogP contribution in [0.3, 0.4) is 0 Å². The summed E-state index contributed by atoms with van der Waals surface area (Å²) >= 11 is 3.25. The molecule has 0 heterocycles. The number of rotatable bonds is 6. The Morgan fingerprint density at radius 3 is 2.75 bits per heavy atom. The van der Waals surface area contributed by atoms with Crippen LogP contribution in [0.5, 0.6) is 0 Å². The summed E-state index contributed by atoms with van der Waals surface area (Å²) in [5, 5.41) is 11.0. The van der Waals surface area contributed by atoms with Gasteiger partial charge in [-0.3, -0.25) is 4.79 Å². The molecule has 1 aromatic carbocycles. The molecule has 7 heteroatoms. The van der Waals surface area contributed by atoms with Gasteiger partial charge < -0.3 is 15.3 Å². The zero-order valence-corrected chi connectivity index (χ0v) is 12.6. The second-order valence-corrected chi connectivity index (χ2v) is 5.04. The highest BCUT2D eigenvalue weighted by molar-refractivity contribution is 9.10. The highest BCUT2D eigenvalue weighted by Gasteiger charge is 2.14. The second-order valence-electron chi connectivity index (χ2n) is 4.13. The van der Waals surface area contributed by atoms with Crippen LogP contribution in [0.15, 0.2) is 22.7 Å². The van der Waals surface area contributed by atoms with Gasteiger partial charge in [-0.2, -0.15) is 0 Å². The van der Waals surface area contributed by atoms with E-state index in [1.165, 1.54) is 11.0 Å². The smallest absolute Gasteiger partial charge is 0.317 e. The maximum atomic E-state index is 13.6. The van der Waals surface area contributed by atoms with E-state index in [0.29, 0.717) is 12.1 Å². The van der Waals surface area contributed by atoms with Crippen LogP contribution in [0.2, 0.25) is 0 Å². The molecule has 1 aromatic rings. The maximum absolute atomic E-state index is 13.6. The van der Waals surface area contributed by atoms with E-state index in [9.17, 15) is 14.0 Å². The summed E-state index contributed by atoms with van der Waals surface area (Å²) < 4.78 is 14.4. The fourth-order valence-electron chi connectivity index (χ4n) is 1.59. The molecule has 0 atom stereocenters. The summed E-state index contributed by atoms with van der Waals surface area (Å²) in [6.45, 7) is 2.34. The minimum atomic E-state index is -0.980. The number of carbonyl (C=O) groups excluding carboxylic acids is 1. The van der Waals surface area contributed by atoms with Crippen LogP contribution < -0.4 is 5.32 Å². The number of nitrogens with zero attached hydrogens (tertiary/aromatic N) is 1. The number of aliphatic carboxylic acids is 1. The third-order valence-electron chi connectivity index (χ3n) is 2.65. The lowest BCUT2D eigenvalue weighted by atomic mass is 10.2.